The predicted octanol–water partition coefficient (Wildman–Crippen LogP) is 4.45. The van der Waals surface area contributed by atoms with Crippen molar-refractivity contribution >= 4 is 14.6 Å². The summed E-state index contributed by atoms with van der Waals surface area (Å²) < 4.78 is 19.4. The van der Waals surface area contributed by atoms with Gasteiger partial charge in [0.15, 0.2) is 14.1 Å². The summed E-state index contributed by atoms with van der Waals surface area (Å²) in [6.45, 7) is 15.3. The van der Waals surface area contributed by atoms with Crippen LogP contribution >= 0.6 is 0 Å². The van der Waals surface area contributed by atoms with Gasteiger partial charge in [-0.15, -0.1) is 0 Å². The second kappa shape index (κ2) is 6.29. The monoisotopic (exact) mass is 366 g/mol. The molecule has 4 nitrogen and oxygen atoms in total. The van der Waals surface area contributed by atoms with Crippen LogP contribution in [0, 0.1) is 11.8 Å². The molecule has 5 heteroatoms. The maximum atomic E-state index is 11.7. The van der Waals surface area contributed by atoms with Crippen LogP contribution in [-0.2, 0) is 18.7 Å². The van der Waals surface area contributed by atoms with Gasteiger partial charge in [0, 0.05) is 11.8 Å². The number of carbonyl (C=O) groups excluding carboxylic acids is 1. The zero-order valence-electron chi connectivity index (χ0n) is 16.8. The lowest BCUT2D eigenvalue weighted by Gasteiger charge is -2.47. The van der Waals surface area contributed by atoms with Crippen LogP contribution in [0.25, 0.3) is 0 Å². The van der Waals surface area contributed by atoms with Gasteiger partial charge in [-0.05, 0) is 51.2 Å². The number of carbonyl (C=O) groups is 1. The first-order valence-corrected chi connectivity index (χ1v) is 12.5. The zero-order chi connectivity index (χ0) is 18.6. The van der Waals surface area contributed by atoms with E-state index in [1.54, 1.807) is 0 Å². The van der Waals surface area contributed by atoms with Gasteiger partial charge in [-0.1, -0.05) is 32.4 Å². The van der Waals surface area contributed by atoms with Crippen LogP contribution in [0.1, 0.15) is 53.9 Å². The van der Waals surface area contributed by atoms with Gasteiger partial charge >= 0.3 is 0 Å². The number of rotatable bonds is 3. The van der Waals surface area contributed by atoms with Crippen molar-refractivity contribution in [1.82, 2.24) is 0 Å². The highest BCUT2D eigenvalue weighted by molar-refractivity contribution is 6.74. The third-order valence-electron chi connectivity index (χ3n) is 6.54. The summed E-state index contributed by atoms with van der Waals surface area (Å²) in [6, 6.07) is 0. The summed E-state index contributed by atoms with van der Waals surface area (Å²) in [5.74, 6) is -0.429. The van der Waals surface area contributed by atoms with Crippen molar-refractivity contribution in [3.05, 3.63) is 11.6 Å². The Hall–Kier alpha value is -0.493. The minimum atomic E-state index is -1.91. The molecule has 0 amide bonds. The summed E-state index contributed by atoms with van der Waals surface area (Å²) in [7, 11) is -1.91. The second-order valence-corrected chi connectivity index (χ2v) is 14.6. The Morgan fingerprint density at radius 2 is 1.88 bits per heavy atom. The van der Waals surface area contributed by atoms with E-state index in [2.05, 4.69) is 39.9 Å². The van der Waals surface area contributed by atoms with Crippen LogP contribution in [-0.4, -0.2) is 38.7 Å². The third kappa shape index (κ3) is 3.53. The van der Waals surface area contributed by atoms with Crippen LogP contribution in [0.5, 0.6) is 0 Å². The van der Waals surface area contributed by atoms with Gasteiger partial charge in [-0.25, -0.2) is 0 Å². The van der Waals surface area contributed by atoms with E-state index in [1.165, 1.54) is 5.57 Å². The smallest absolute Gasteiger partial charge is 0.192 e. The molecule has 25 heavy (non-hydrogen) atoms. The average molecular weight is 367 g/mol. The fourth-order valence-corrected chi connectivity index (χ4v) is 5.60. The topological polar surface area (TPSA) is 44.8 Å². The molecule has 0 bridgehead atoms. The largest absolute Gasteiger partial charge is 0.411 e. The highest BCUT2D eigenvalue weighted by Crippen LogP contribution is 2.50. The van der Waals surface area contributed by atoms with E-state index in [0.29, 0.717) is 0 Å². The van der Waals surface area contributed by atoms with Gasteiger partial charge in [-0.3, -0.25) is 0 Å². The molecule has 0 aromatic heterocycles. The minimum absolute atomic E-state index is 0.0144. The lowest BCUT2D eigenvalue weighted by atomic mass is 9.68. The van der Waals surface area contributed by atoms with Crippen LogP contribution in [0.15, 0.2) is 11.6 Å². The summed E-state index contributed by atoms with van der Waals surface area (Å²) >= 11 is 0. The fourth-order valence-electron chi connectivity index (χ4n) is 4.27. The quantitative estimate of drug-likeness (QED) is 0.420. The van der Waals surface area contributed by atoms with E-state index in [1.807, 2.05) is 13.8 Å². The van der Waals surface area contributed by atoms with Crippen molar-refractivity contribution in [2.45, 2.75) is 96.1 Å². The van der Waals surface area contributed by atoms with Gasteiger partial charge in [0.05, 0.1) is 12.2 Å². The number of ether oxygens (including phenoxy) is 2. The maximum Gasteiger partial charge on any atom is 0.192 e. The first-order valence-electron chi connectivity index (χ1n) is 9.63. The molecule has 0 N–H and O–H groups in total. The number of hydrogen-bond donors (Lipinski definition) is 0. The SMILES string of the molecule is CC1(C)O[C@@H]2[C@H](O1)[C@@H]1C(=CCC[C@@H]1C=O)C[C@@H]2O[Si](C)(C)C(C)(C)C. The van der Waals surface area contributed by atoms with Crippen LogP contribution in [0.4, 0.5) is 0 Å². The van der Waals surface area contributed by atoms with Crippen molar-refractivity contribution < 1.29 is 18.7 Å². The lowest BCUT2D eigenvalue weighted by molar-refractivity contribution is -0.155. The molecule has 3 aliphatic rings. The average Bonchev–Trinajstić information content (AvgIpc) is 2.80. The van der Waals surface area contributed by atoms with Gasteiger partial charge in [0.2, 0.25) is 0 Å². The molecule has 0 aromatic carbocycles. The maximum absolute atomic E-state index is 11.7. The molecule has 2 fully saturated rings. The van der Waals surface area contributed by atoms with Crippen molar-refractivity contribution in [3.8, 4) is 0 Å². The summed E-state index contributed by atoms with van der Waals surface area (Å²) in [5.41, 5.74) is 1.34. The third-order valence-corrected chi connectivity index (χ3v) is 11.0. The number of hydrogen-bond acceptors (Lipinski definition) is 4. The molecule has 5 atom stereocenters. The summed E-state index contributed by atoms with van der Waals surface area (Å²) in [4.78, 5) is 11.7. The Bertz CT molecular complexity index is 561. The molecule has 1 saturated carbocycles. The summed E-state index contributed by atoms with van der Waals surface area (Å²) in [5, 5.41) is 0.153. The fraction of sp³-hybridized carbons (Fsp3) is 0.850. The van der Waals surface area contributed by atoms with Crippen molar-refractivity contribution in [2.24, 2.45) is 11.8 Å². The van der Waals surface area contributed by atoms with Gasteiger partial charge < -0.3 is 18.7 Å². The molecule has 2 aliphatic carbocycles. The highest BCUT2D eigenvalue weighted by Gasteiger charge is 2.56. The Kier molecular flexibility index (Phi) is 4.85. The molecular weight excluding hydrogens is 332 g/mol. The van der Waals surface area contributed by atoms with E-state index in [0.717, 1.165) is 25.5 Å². The molecule has 142 valence electrons. The zero-order valence-corrected chi connectivity index (χ0v) is 17.8. The van der Waals surface area contributed by atoms with E-state index < -0.39 is 14.1 Å². The Morgan fingerprint density at radius 3 is 2.48 bits per heavy atom. The highest BCUT2D eigenvalue weighted by atomic mass is 28.4. The Labute approximate surface area is 153 Å². The van der Waals surface area contributed by atoms with Crippen molar-refractivity contribution in [2.75, 3.05) is 0 Å². The molecule has 0 spiro atoms. The number of aldehydes is 1. The number of allylic oxidation sites excluding steroid dienone is 1. The minimum Gasteiger partial charge on any atom is -0.411 e. The van der Waals surface area contributed by atoms with E-state index in [4.69, 9.17) is 13.9 Å². The van der Waals surface area contributed by atoms with Crippen LogP contribution in [0.2, 0.25) is 18.1 Å². The van der Waals surface area contributed by atoms with Gasteiger partial charge in [0.1, 0.15) is 12.4 Å². The molecule has 0 aromatic rings. The molecule has 0 radical (unpaired) electrons. The van der Waals surface area contributed by atoms with Crippen LogP contribution < -0.4 is 0 Å². The number of fused-ring (bicyclic) bond motifs is 3. The lowest BCUT2D eigenvalue weighted by Crippen LogP contribution is -2.54. The molecule has 3 rings (SSSR count). The van der Waals surface area contributed by atoms with E-state index >= 15 is 0 Å². The molecule has 1 aliphatic heterocycles. The second-order valence-electron chi connectivity index (χ2n) is 9.87. The van der Waals surface area contributed by atoms with E-state index in [9.17, 15) is 4.79 Å². The Balaban J connectivity index is 1.92. The first-order chi connectivity index (χ1) is 11.5. The Morgan fingerprint density at radius 1 is 1.24 bits per heavy atom. The summed E-state index contributed by atoms with van der Waals surface area (Å²) in [6.07, 6.45) is 6.04. The van der Waals surface area contributed by atoms with Crippen LogP contribution in [0.3, 0.4) is 0 Å². The molecule has 1 heterocycles. The predicted molar refractivity (Wildman–Crippen MR) is 101 cm³/mol. The van der Waals surface area contributed by atoms with Gasteiger partial charge in [0.25, 0.3) is 0 Å². The molecule has 0 unspecified atom stereocenters. The normalized spacial score (nSPS) is 37.9. The molecular formula is C20H34O4Si. The molecule has 1 saturated heterocycles. The van der Waals surface area contributed by atoms with Crippen molar-refractivity contribution in [3.63, 3.8) is 0 Å². The van der Waals surface area contributed by atoms with Gasteiger partial charge in [-0.2, -0.15) is 0 Å². The standard InChI is InChI=1S/C20H34O4Si/c1-19(2,3)25(6,7)24-15-11-13-9-8-10-14(12-21)16(13)18-17(15)22-20(4,5)23-18/h9,12,14-18H,8,10-11H2,1-7H3/t14-,15+,16-,17+,18-/m1/s1. The first kappa shape index (κ1) is 19.3. The van der Waals surface area contributed by atoms with Crippen molar-refractivity contribution in [1.29, 1.82) is 0 Å². The van der Waals surface area contributed by atoms with E-state index in [-0.39, 0.29) is 35.2 Å².